The Kier molecular flexibility index (Phi) is 4.29. The van der Waals surface area contributed by atoms with Crippen LogP contribution in [0.5, 0.6) is 0 Å². The Morgan fingerprint density at radius 3 is 2.50 bits per heavy atom. The van der Waals surface area contributed by atoms with Gasteiger partial charge in [-0.05, 0) is 31.6 Å². The fourth-order valence-electron chi connectivity index (χ4n) is 1.91. The first-order valence-electron chi connectivity index (χ1n) is 5.83. The summed E-state index contributed by atoms with van der Waals surface area (Å²) in [6.07, 6.45) is 4.84. The number of primary amides is 1. The van der Waals surface area contributed by atoms with E-state index in [1.54, 1.807) is 6.92 Å². The molecule has 0 aliphatic heterocycles. The molecule has 1 unspecified atom stereocenters. The summed E-state index contributed by atoms with van der Waals surface area (Å²) in [6, 6.07) is -1.17. The van der Waals surface area contributed by atoms with Gasteiger partial charge in [-0.25, -0.2) is 4.79 Å². The molecule has 0 spiro atoms. The van der Waals surface area contributed by atoms with Gasteiger partial charge in [0.05, 0.1) is 6.04 Å². The molecule has 1 saturated carbocycles. The predicted molar refractivity (Wildman–Crippen MR) is 61.8 cm³/mol. The minimum atomic E-state index is -0.798. The van der Waals surface area contributed by atoms with E-state index in [4.69, 9.17) is 5.73 Å². The third-order valence-corrected chi connectivity index (χ3v) is 3.16. The number of carbonyl (C=O) groups excluding carboxylic acids is 2. The highest BCUT2D eigenvalue weighted by Crippen LogP contribution is 2.48. The van der Waals surface area contributed by atoms with Crippen LogP contribution in [0.2, 0.25) is 0 Å². The molecule has 0 radical (unpaired) electrons. The summed E-state index contributed by atoms with van der Waals surface area (Å²) in [4.78, 5) is 21.9. The number of urea groups is 1. The molecule has 1 rings (SSSR count). The maximum atomic E-state index is 11.4. The van der Waals surface area contributed by atoms with E-state index in [9.17, 15) is 9.59 Å². The van der Waals surface area contributed by atoms with Crippen molar-refractivity contribution in [3.63, 3.8) is 0 Å². The van der Waals surface area contributed by atoms with Crippen LogP contribution in [0.15, 0.2) is 0 Å². The molecule has 0 saturated heterocycles. The topological polar surface area (TPSA) is 84.2 Å². The minimum Gasteiger partial charge on any atom is -0.351 e. The van der Waals surface area contributed by atoms with Gasteiger partial charge < -0.3 is 11.1 Å². The van der Waals surface area contributed by atoms with Crippen LogP contribution in [0.3, 0.4) is 0 Å². The van der Waals surface area contributed by atoms with Gasteiger partial charge in [0.15, 0.2) is 0 Å². The highest BCUT2D eigenvalue weighted by Gasteiger charge is 2.41. The molecule has 0 bridgehead atoms. The summed E-state index contributed by atoms with van der Waals surface area (Å²) in [6.45, 7) is 4.75. The van der Waals surface area contributed by atoms with E-state index < -0.39 is 6.03 Å². The van der Waals surface area contributed by atoms with Crippen molar-refractivity contribution in [3.8, 4) is 0 Å². The zero-order valence-electron chi connectivity index (χ0n) is 10.0. The van der Waals surface area contributed by atoms with Gasteiger partial charge in [-0.1, -0.05) is 13.3 Å². The molecule has 5 nitrogen and oxygen atoms in total. The van der Waals surface area contributed by atoms with Crippen molar-refractivity contribution in [1.29, 1.82) is 0 Å². The van der Waals surface area contributed by atoms with Gasteiger partial charge in [-0.15, -0.1) is 0 Å². The fraction of sp³-hybridized carbons (Fsp3) is 0.818. The number of imide groups is 1. The number of nitrogens with two attached hydrogens (primary N) is 1. The maximum absolute atomic E-state index is 11.4. The lowest BCUT2D eigenvalue weighted by atomic mass is 10.0. The lowest BCUT2D eigenvalue weighted by molar-refractivity contribution is -0.121. The van der Waals surface area contributed by atoms with Crippen LogP contribution in [0.25, 0.3) is 0 Å². The van der Waals surface area contributed by atoms with Crippen molar-refractivity contribution < 1.29 is 9.59 Å². The number of hydrogen-bond donors (Lipinski definition) is 3. The van der Waals surface area contributed by atoms with Gasteiger partial charge in [0.1, 0.15) is 0 Å². The van der Waals surface area contributed by atoms with Crippen molar-refractivity contribution in [1.82, 2.24) is 10.6 Å². The van der Waals surface area contributed by atoms with Crippen molar-refractivity contribution in [3.05, 3.63) is 0 Å². The van der Waals surface area contributed by atoms with Gasteiger partial charge in [0, 0.05) is 6.54 Å². The number of amides is 3. The van der Waals surface area contributed by atoms with Crippen LogP contribution in [-0.4, -0.2) is 24.5 Å². The van der Waals surface area contributed by atoms with Gasteiger partial charge in [-0.3, -0.25) is 10.1 Å². The third kappa shape index (κ3) is 3.81. The molecular formula is C11H21N3O2. The van der Waals surface area contributed by atoms with Crippen LogP contribution in [0.1, 0.15) is 39.5 Å². The third-order valence-electron chi connectivity index (χ3n) is 3.16. The Balaban J connectivity index is 2.27. The molecular weight excluding hydrogens is 206 g/mol. The van der Waals surface area contributed by atoms with Crippen LogP contribution in [0.4, 0.5) is 4.79 Å². The zero-order chi connectivity index (χ0) is 12.2. The Hall–Kier alpha value is -1.10. The standard InChI is InChI=1S/C11H21N3O2/c1-3-4-11(5-6-11)7-13-8(2)9(15)14-10(12)16/h8,13H,3-7H2,1-2H3,(H3,12,14,15,16). The first-order valence-corrected chi connectivity index (χ1v) is 5.83. The predicted octanol–water partition coefficient (Wildman–Crippen LogP) is 0.740. The van der Waals surface area contributed by atoms with E-state index >= 15 is 0 Å². The lowest BCUT2D eigenvalue weighted by Crippen LogP contribution is -2.47. The normalized spacial score (nSPS) is 18.9. The molecule has 3 amide bonds. The number of nitrogens with one attached hydrogen (secondary N) is 2. The van der Waals surface area contributed by atoms with E-state index in [-0.39, 0.29) is 11.9 Å². The van der Waals surface area contributed by atoms with Gasteiger partial charge >= 0.3 is 6.03 Å². The van der Waals surface area contributed by atoms with E-state index in [2.05, 4.69) is 17.6 Å². The summed E-state index contributed by atoms with van der Waals surface area (Å²) in [5.41, 5.74) is 5.27. The second-order valence-electron chi connectivity index (χ2n) is 4.71. The molecule has 4 N–H and O–H groups in total. The Morgan fingerprint density at radius 1 is 1.44 bits per heavy atom. The van der Waals surface area contributed by atoms with Crippen LogP contribution >= 0.6 is 0 Å². The Morgan fingerprint density at radius 2 is 2.06 bits per heavy atom. The molecule has 16 heavy (non-hydrogen) atoms. The van der Waals surface area contributed by atoms with Gasteiger partial charge in [0.25, 0.3) is 0 Å². The first-order chi connectivity index (χ1) is 7.49. The second kappa shape index (κ2) is 5.30. The van der Waals surface area contributed by atoms with Crippen molar-refractivity contribution in [2.24, 2.45) is 11.1 Å². The number of hydrogen-bond acceptors (Lipinski definition) is 3. The van der Waals surface area contributed by atoms with E-state index in [0.717, 1.165) is 6.54 Å². The number of rotatable bonds is 6. The molecule has 0 aromatic rings. The minimum absolute atomic E-state index is 0.361. The molecule has 0 aromatic heterocycles. The SMILES string of the molecule is CCCC1(CNC(C)C(=O)NC(N)=O)CC1. The van der Waals surface area contributed by atoms with Crippen molar-refractivity contribution in [2.75, 3.05) is 6.54 Å². The molecule has 1 fully saturated rings. The molecule has 1 aliphatic carbocycles. The van der Waals surface area contributed by atoms with Crippen LogP contribution < -0.4 is 16.4 Å². The Bertz CT molecular complexity index is 274. The number of carbonyl (C=O) groups is 2. The van der Waals surface area contributed by atoms with Crippen LogP contribution in [0, 0.1) is 5.41 Å². The zero-order valence-corrected chi connectivity index (χ0v) is 10.0. The average Bonchev–Trinajstić information content (AvgIpc) is 2.94. The summed E-state index contributed by atoms with van der Waals surface area (Å²) >= 11 is 0. The maximum Gasteiger partial charge on any atom is 0.318 e. The van der Waals surface area contributed by atoms with Gasteiger partial charge in [0.2, 0.25) is 5.91 Å². The smallest absolute Gasteiger partial charge is 0.318 e. The first kappa shape index (κ1) is 13.0. The molecule has 5 heteroatoms. The van der Waals surface area contributed by atoms with E-state index in [1.807, 2.05) is 0 Å². The van der Waals surface area contributed by atoms with Crippen molar-refractivity contribution in [2.45, 2.75) is 45.6 Å². The monoisotopic (exact) mass is 227 g/mol. The van der Waals surface area contributed by atoms with E-state index in [1.165, 1.54) is 25.7 Å². The summed E-state index contributed by atoms with van der Waals surface area (Å²) < 4.78 is 0. The largest absolute Gasteiger partial charge is 0.351 e. The highest BCUT2D eigenvalue weighted by molar-refractivity contribution is 5.96. The van der Waals surface area contributed by atoms with E-state index in [0.29, 0.717) is 5.41 Å². The fourth-order valence-corrected chi connectivity index (χ4v) is 1.91. The molecule has 1 aliphatic rings. The second-order valence-corrected chi connectivity index (χ2v) is 4.71. The Labute approximate surface area is 96.1 Å². The van der Waals surface area contributed by atoms with Crippen LogP contribution in [-0.2, 0) is 4.79 Å². The summed E-state index contributed by atoms with van der Waals surface area (Å²) in [7, 11) is 0. The van der Waals surface area contributed by atoms with Crippen molar-refractivity contribution >= 4 is 11.9 Å². The summed E-state index contributed by atoms with van der Waals surface area (Å²) in [5.74, 6) is -0.361. The highest BCUT2D eigenvalue weighted by atomic mass is 16.2. The lowest BCUT2D eigenvalue weighted by Gasteiger charge is -2.18. The molecule has 0 heterocycles. The molecule has 1 atom stereocenters. The molecule has 0 aromatic carbocycles. The average molecular weight is 227 g/mol. The quantitative estimate of drug-likeness (QED) is 0.625. The molecule has 92 valence electrons. The summed E-state index contributed by atoms with van der Waals surface area (Å²) in [5, 5.41) is 5.22. The van der Waals surface area contributed by atoms with Gasteiger partial charge in [-0.2, -0.15) is 0 Å².